The largest absolute Gasteiger partial charge is 0.497 e. The summed E-state index contributed by atoms with van der Waals surface area (Å²) in [5.74, 6) is 1.08. The van der Waals surface area contributed by atoms with Crippen molar-refractivity contribution in [1.29, 1.82) is 0 Å². The Morgan fingerprint density at radius 3 is 2.23 bits per heavy atom. The maximum atomic E-state index is 13.5. The lowest BCUT2D eigenvalue weighted by Gasteiger charge is -2.17. The molecule has 0 aliphatic heterocycles. The second-order valence-corrected chi connectivity index (χ2v) is 6.94. The predicted octanol–water partition coefficient (Wildman–Crippen LogP) is 4.83. The third kappa shape index (κ3) is 4.00. The molecule has 1 heterocycles. The number of amides is 1. The highest BCUT2D eigenvalue weighted by Gasteiger charge is 2.24. The van der Waals surface area contributed by atoms with Gasteiger partial charge in [0.2, 0.25) is 0 Å². The zero-order valence-corrected chi connectivity index (χ0v) is 17.6. The van der Waals surface area contributed by atoms with E-state index in [0.29, 0.717) is 28.3 Å². The van der Waals surface area contributed by atoms with Gasteiger partial charge in [0.1, 0.15) is 17.2 Å². The Morgan fingerprint density at radius 1 is 0.903 bits per heavy atom. The van der Waals surface area contributed by atoms with Gasteiger partial charge in [-0.25, -0.2) is 4.68 Å². The molecule has 0 unspecified atom stereocenters. The fourth-order valence-corrected chi connectivity index (χ4v) is 3.39. The summed E-state index contributed by atoms with van der Waals surface area (Å²) in [6.45, 7) is 0. The van der Waals surface area contributed by atoms with Crippen LogP contribution in [0.25, 0.3) is 16.9 Å². The van der Waals surface area contributed by atoms with Crippen LogP contribution in [0.4, 0.5) is 5.69 Å². The maximum Gasteiger partial charge on any atom is 0.261 e. The van der Waals surface area contributed by atoms with E-state index in [9.17, 15) is 4.79 Å². The minimum absolute atomic E-state index is 0.166. The zero-order chi connectivity index (χ0) is 21.8. The first-order valence-corrected chi connectivity index (χ1v) is 9.83. The van der Waals surface area contributed by atoms with E-state index in [4.69, 9.17) is 14.6 Å². The lowest BCUT2D eigenvalue weighted by Crippen LogP contribution is -2.26. The van der Waals surface area contributed by atoms with Crippen molar-refractivity contribution in [3.05, 3.63) is 90.6 Å². The van der Waals surface area contributed by atoms with E-state index in [-0.39, 0.29) is 5.91 Å². The van der Waals surface area contributed by atoms with Gasteiger partial charge in [-0.3, -0.25) is 4.79 Å². The number of carbonyl (C=O) groups excluding carboxylic acids is 1. The van der Waals surface area contributed by atoms with Gasteiger partial charge in [0.25, 0.3) is 5.91 Å². The number of methoxy groups -OCH3 is 2. The van der Waals surface area contributed by atoms with E-state index in [0.717, 1.165) is 11.4 Å². The van der Waals surface area contributed by atoms with Crippen LogP contribution >= 0.6 is 0 Å². The van der Waals surface area contributed by atoms with Gasteiger partial charge in [-0.05, 0) is 36.4 Å². The molecule has 0 atom stereocenters. The summed E-state index contributed by atoms with van der Waals surface area (Å²) in [4.78, 5) is 15.1. The maximum absolute atomic E-state index is 13.5. The molecule has 1 amide bonds. The van der Waals surface area contributed by atoms with E-state index in [2.05, 4.69) is 0 Å². The van der Waals surface area contributed by atoms with Gasteiger partial charge < -0.3 is 14.4 Å². The van der Waals surface area contributed by atoms with Crippen molar-refractivity contribution in [3.63, 3.8) is 0 Å². The SMILES string of the molecule is COc1ccc(-c2nn(-c3ccccc3)cc2C(=O)N(C)c2ccccc2)c(OC)c1. The molecule has 6 heteroatoms. The highest BCUT2D eigenvalue weighted by molar-refractivity contribution is 6.09. The number of rotatable bonds is 6. The molecule has 0 radical (unpaired) electrons. The topological polar surface area (TPSA) is 56.6 Å². The van der Waals surface area contributed by atoms with Crippen LogP contribution in [0.5, 0.6) is 11.5 Å². The number of carbonyl (C=O) groups is 1. The molecular weight excluding hydrogens is 390 g/mol. The fraction of sp³-hybridized carbons (Fsp3) is 0.120. The standard InChI is InChI=1S/C25H23N3O3/c1-27(18-10-6-4-7-11-18)25(29)22-17-28(19-12-8-5-9-13-19)26-24(22)21-15-14-20(30-2)16-23(21)31-3/h4-17H,1-3H3. The minimum atomic E-state index is -0.166. The first-order valence-electron chi connectivity index (χ1n) is 9.83. The third-order valence-electron chi connectivity index (χ3n) is 5.08. The molecule has 0 saturated heterocycles. The number of hydrogen-bond donors (Lipinski definition) is 0. The number of ether oxygens (including phenoxy) is 2. The zero-order valence-electron chi connectivity index (χ0n) is 17.6. The third-order valence-corrected chi connectivity index (χ3v) is 5.08. The summed E-state index contributed by atoms with van der Waals surface area (Å²) in [5, 5.41) is 4.76. The van der Waals surface area contributed by atoms with Gasteiger partial charge in [-0.2, -0.15) is 5.10 Å². The van der Waals surface area contributed by atoms with Crippen LogP contribution in [0, 0.1) is 0 Å². The molecule has 0 N–H and O–H groups in total. The first kappa shape index (κ1) is 20.2. The van der Waals surface area contributed by atoms with Crippen LogP contribution in [-0.2, 0) is 0 Å². The molecule has 1 aromatic heterocycles. The van der Waals surface area contributed by atoms with Gasteiger partial charge in [0, 0.05) is 30.6 Å². The summed E-state index contributed by atoms with van der Waals surface area (Å²) >= 11 is 0. The van der Waals surface area contributed by atoms with Crippen LogP contribution in [0.3, 0.4) is 0 Å². The average Bonchev–Trinajstić information content (AvgIpc) is 3.29. The second-order valence-electron chi connectivity index (χ2n) is 6.94. The molecule has 31 heavy (non-hydrogen) atoms. The summed E-state index contributed by atoms with van der Waals surface area (Å²) in [7, 11) is 4.94. The van der Waals surface area contributed by atoms with Crippen LogP contribution in [0.2, 0.25) is 0 Å². The number of benzene rings is 3. The van der Waals surface area contributed by atoms with Crippen molar-refractivity contribution in [1.82, 2.24) is 9.78 Å². The molecule has 0 bridgehead atoms. The van der Waals surface area contributed by atoms with E-state index < -0.39 is 0 Å². The highest BCUT2D eigenvalue weighted by atomic mass is 16.5. The number of nitrogens with zero attached hydrogens (tertiary/aromatic N) is 3. The summed E-state index contributed by atoms with van der Waals surface area (Å²) < 4.78 is 12.6. The Morgan fingerprint density at radius 2 is 1.58 bits per heavy atom. The number of anilines is 1. The molecule has 0 saturated carbocycles. The minimum Gasteiger partial charge on any atom is -0.497 e. The van der Waals surface area contributed by atoms with Crippen molar-refractivity contribution in [2.75, 3.05) is 26.2 Å². The van der Waals surface area contributed by atoms with Gasteiger partial charge in [0.15, 0.2) is 0 Å². The monoisotopic (exact) mass is 413 g/mol. The highest BCUT2D eigenvalue weighted by Crippen LogP contribution is 2.35. The predicted molar refractivity (Wildman–Crippen MR) is 121 cm³/mol. The molecule has 0 aliphatic carbocycles. The van der Waals surface area contributed by atoms with Crippen molar-refractivity contribution >= 4 is 11.6 Å². The van der Waals surface area contributed by atoms with E-state index in [1.165, 1.54) is 0 Å². The van der Waals surface area contributed by atoms with Gasteiger partial charge in [-0.15, -0.1) is 0 Å². The van der Waals surface area contributed by atoms with E-state index in [1.807, 2.05) is 72.8 Å². The first-order chi connectivity index (χ1) is 15.1. The van der Waals surface area contributed by atoms with Crippen LogP contribution in [0.15, 0.2) is 85.1 Å². The number of aromatic nitrogens is 2. The van der Waals surface area contributed by atoms with Crippen molar-refractivity contribution in [2.45, 2.75) is 0 Å². The second kappa shape index (κ2) is 8.75. The average molecular weight is 413 g/mol. The Balaban J connectivity index is 1.86. The molecule has 0 spiro atoms. The van der Waals surface area contributed by atoms with Crippen molar-refractivity contribution in [3.8, 4) is 28.4 Å². The van der Waals surface area contributed by atoms with E-state index >= 15 is 0 Å². The molecule has 4 aromatic rings. The lowest BCUT2D eigenvalue weighted by molar-refractivity contribution is 0.0993. The molecule has 6 nitrogen and oxygen atoms in total. The van der Waals surface area contributed by atoms with Crippen LogP contribution < -0.4 is 14.4 Å². The molecule has 3 aromatic carbocycles. The molecule has 4 rings (SSSR count). The van der Waals surface area contributed by atoms with Crippen LogP contribution in [0.1, 0.15) is 10.4 Å². The van der Waals surface area contributed by atoms with Gasteiger partial charge in [0.05, 0.1) is 25.5 Å². The Kier molecular flexibility index (Phi) is 5.71. The quantitative estimate of drug-likeness (QED) is 0.454. The normalized spacial score (nSPS) is 10.5. The Hall–Kier alpha value is -4.06. The lowest BCUT2D eigenvalue weighted by atomic mass is 10.1. The van der Waals surface area contributed by atoms with Crippen molar-refractivity contribution in [2.24, 2.45) is 0 Å². The van der Waals surface area contributed by atoms with Gasteiger partial charge in [-0.1, -0.05) is 36.4 Å². The molecular formula is C25H23N3O3. The van der Waals surface area contributed by atoms with Gasteiger partial charge >= 0.3 is 0 Å². The molecule has 0 fully saturated rings. The summed E-state index contributed by atoms with van der Waals surface area (Å²) in [5.41, 5.74) is 3.38. The van der Waals surface area contributed by atoms with Crippen molar-refractivity contribution < 1.29 is 14.3 Å². The Labute approximate surface area is 181 Å². The van der Waals surface area contributed by atoms with E-state index in [1.54, 1.807) is 43.1 Å². The fourth-order valence-electron chi connectivity index (χ4n) is 3.39. The van der Waals surface area contributed by atoms with Crippen LogP contribution in [-0.4, -0.2) is 37.0 Å². The smallest absolute Gasteiger partial charge is 0.261 e. The Bertz CT molecular complexity index is 1190. The molecule has 156 valence electrons. The number of para-hydroxylation sites is 2. The summed E-state index contributed by atoms with van der Waals surface area (Å²) in [6.07, 6.45) is 1.76. The summed E-state index contributed by atoms with van der Waals surface area (Å²) in [6, 6.07) is 24.7. The molecule has 0 aliphatic rings. The number of hydrogen-bond acceptors (Lipinski definition) is 4.